The Bertz CT molecular complexity index is 1510. The first-order valence-corrected chi connectivity index (χ1v) is 12.7. The van der Waals surface area contributed by atoms with Crippen molar-refractivity contribution in [2.45, 2.75) is 45.6 Å². The number of aromatic nitrogens is 7. The molecule has 1 unspecified atom stereocenters. The number of nitrogens with one attached hydrogen (secondary N) is 1. The maximum absolute atomic E-state index is 11.3. The van der Waals surface area contributed by atoms with Crippen LogP contribution < -0.4 is 0 Å². The van der Waals surface area contributed by atoms with Gasteiger partial charge < -0.3 is 5.11 Å². The van der Waals surface area contributed by atoms with Crippen molar-refractivity contribution in [1.29, 1.82) is 0 Å². The Morgan fingerprint density at radius 3 is 2.39 bits per heavy atom. The van der Waals surface area contributed by atoms with Crippen molar-refractivity contribution in [3.8, 4) is 22.5 Å². The van der Waals surface area contributed by atoms with E-state index < -0.39 is 5.97 Å². The number of nitrogens with zero attached hydrogens (tertiary/aromatic N) is 6. The van der Waals surface area contributed by atoms with E-state index >= 15 is 0 Å². The molecule has 0 saturated heterocycles. The van der Waals surface area contributed by atoms with Crippen molar-refractivity contribution in [2.75, 3.05) is 0 Å². The fourth-order valence-corrected chi connectivity index (χ4v) is 4.51. The molecule has 0 radical (unpaired) electrons. The standard InChI is InChI=1S/C29H29N7O2/c1-3-4-9-26-30-28(19(2)21-14-16-23(17-15-21)29(37)38)36(33-26)18-20-10-12-22(13-11-20)24-7-5-6-8-25(24)27-31-34-35-32-27/h5-8,10-17,19H,3-4,9,18H2,1-2H3,(H,37,38)(H,31,32,34,35). The summed E-state index contributed by atoms with van der Waals surface area (Å²) in [4.78, 5) is 16.2. The zero-order chi connectivity index (χ0) is 26.5. The molecule has 0 spiro atoms. The number of unbranched alkanes of at least 4 members (excludes halogenated alkanes) is 1. The lowest BCUT2D eigenvalue weighted by molar-refractivity contribution is 0.0697. The lowest BCUT2D eigenvalue weighted by atomic mass is 9.98. The Kier molecular flexibility index (Phi) is 7.35. The molecule has 9 heteroatoms. The van der Waals surface area contributed by atoms with E-state index in [1.807, 2.05) is 41.1 Å². The van der Waals surface area contributed by atoms with Gasteiger partial charge in [-0.1, -0.05) is 80.9 Å². The summed E-state index contributed by atoms with van der Waals surface area (Å²) in [5, 5.41) is 28.6. The van der Waals surface area contributed by atoms with E-state index in [4.69, 9.17) is 10.1 Å². The summed E-state index contributed by atoms with van der Waals surface area (Å²) < 4.78 is 1.98. The highest BCUT2D eigenvalue weighted by atomic mass is 16.4. The molecular formula is C29H29N7O2. The van der Waals surface area contributed by atoms with Gasteiger partial charge in [0.2, 0.25) is 5.82 Å². The molecule has 2 N–H and O–H groups in total. The molecule has 0 aliphatic heterocycles. The monoisotopic (exact) mass is 507 g/mol. The number of carboxylic acids is 1. The number of carboxylic acid groups (broad SMARTS) is 1. The summed E-state index contributed by atoms with van der Waals surface area (Å²) in [6, 6.07) is 23.4. The van der Waals surface area contributed by atoms with Gasteiger partial charge in [0, 0.05) is 17.9 Å². The van der Waals surface area contributed by atoms with Crippen LogP contribution in [0.1, 0.15) is 65.7 Å². The maximum atomic E-state index is 11.3. The third kappa shape index (κ3) is 5.36. The van der Waals surface area contributed by atoms with E-state index in [2.05, 4.69) is 58.7 Å². The van der Waals surface area contributed by atoms with Crippen LogP contribution in [0.2, 0.25) is 0 Å². The lowest BCUT2D eigenvalue weighted by Crippen LogP contribution is -2.11. The van der Waals surface area contributed by atoms with E-state index in [0.717, 1.165) is 58.7 Å². The van der Waals surface area contributed by atoms with Gasteiger partial charge in [-0.25, -0.2) is 14.5 Å². The van der Waals surface area contributed by atoms with E-state index in [-0.39, 0.29) is 11.5 Å². The molecule has 0 bridgehead atoms. The molecule has 1 atom stereocenters. The summed E-state index contributed by atoms with van der Waals surface area (Å²) in [7, 11) is 0. The molecule has 0 aliphatic carbocycles. The van der Waals surface area contributed by atoms with Crippen molar-refractivity contribution >= 4 is 5.97 Å². The van der Waals surface area contributed by atoms with Crippen LogP contribution in [0.4, 0.5) is 0 Å². The number of aromatic carboxylic acids is 1. The van der Waals surface area contributed by atoms with Crippen LogP contribution in [0.3, 0.4) is 0 Å². The molecular weight excluding hydrogens is 478 g/mol. The third-order valence-corrected chi connectivity index (χ3v) is 6.65. The fraction of sp³-hybridized carbons (Fsp3) is 0.241. The van der Waals surface area contributed by atoms with E-state index in [1.54, 1.807) is 12.1 Å². The molecule has 0 amide bonds. The highest BCUT2D eigenvalue weighted by Gasteiger charge is 2.19. The maximum Gasteiger partial charge on any atom is 0.335 e. The molecule has 2 heterocycles. The van der Waals surface area contributed by atoms with Crippen molar-refractivity contribution in [3.63, 3.8) is 0 Å². The van der Waals surface area contributed by atoms with E-state index in [9.17, 15) is 9.90 Å². The second-order valence-electron chi connectivity index (χ2n) is 9.27. The number of tetrazole rings is 1. The van der Waals surface area contributed by atoms with Gasteiger partial charge in [0.1, 0.15) is 5.82 Å². The minimum absolute atomic E-state index is 0.0400. The lowest BCUT2D eigenvalue weighted by Gasteiger charge is -2.14. The Balaban J connectivity index is 1.42. The van der Waals surface area contributed by atoms with Gasteiger partial charge in [-0.05, 0) is 46.0 Å². The predicted molar refractivity (Wildman–Crippen MR) is 144 cm³/mol. The van der Waals surface area contributed by atoms with Crippen LogP contribution in [0.25, 0.3) is 22.5 Å². The molecule has 0 aliphatic rings. The average molecular weight is 508 g/mol. The fourth-order valence-electron chi connectivity index (χ4n) is 4.51. The number of carbonyl (C=O) groups is 1. The van der Waals surface area contributed by atoms with Gasteiger partial charge in [-0.15, -0.1) is 10.2 Å². The number of aryl methyl sites for hydroxylation is 1. The second-order valence-corrected chi connectivity index (χ2v) is 9.27. The summed E-state index contributed by atoms with van der Waals surface area (Å²) in [6.45, 7) is 4.82. The van der Waals surface area contributed by atoms with Crippen LogP contribution in [0, 0.1) is 0 Å². The molecule has 5 rings (SSSR count). The van der Waals surface area contributed by atoms with Crippen molar-refractivity contribution in [3.05, 3.63) is 101 Å². The van der Waals surface area contributed by atoms with Crippen molar-refractivity contribution in [1.82, 2.24) is 35.4 Å². The van der Waals surface area contributed by atoms with E-state index in [0.29, 0.717) is 12.4 Å². The molecule has 5 aromatic rings. The topological polar surface area (TPSA) is 122 Å². The minimum atomic E-state index is -0.933. The SMILES string of the molecule is CCCCc1nc(C(C)c2ccc(C(=O)O)cc2)n(Cc2ccc(-c3ccccc3-c3nn[nH]n3)cc2)n1. The third-order valence-electron chi connectivity index (χ3n) is 6.65. The zero-order valence-corrected chi connectivity index (χ0v) is 21.4. The first-order valence-electron chi connectivity index (χ1n) is 12.7. The molecule has 192 valence electrons. The minimum Gasteiger partial charge on any atom is -0.478 e. The van der Waals surface area contributed by atoms with Crippen LogP contribution in [0.15, 0.2) is 72.8 Å². The van der Waals surface area contributed by atoms with E-state index in [1.165, 1.54) is 0 Å². The van der Waals surface area contributed by atoms with Gasteiger partial charge in [-0.3, -0.25) is 0 Å². The largest absolute Gasteiger partial charge is 0.478 e. The summed E-state index contributed by atoms with van der Waals surface area (Å²) >= 11 is 0. The van der Waals surface area contributed by atoms with Crippen molar-refractivity contribution in [2.24, 2.45) is 0 Å². The first-order chi connectivity index (χ1) is 18.5. The zero-order valence-electron chi connectivity index (χ0n) is 21.4. The Morgan fingerprint density at radius 1 is 1.00 bits per heavy atom. The van der Waals surface area contributed by atoms with Crippen molar-refractivity contribution < 1.29 is 9.90 Å². The van der Waals surface area contributed by atoms with Crippen LogP contribution in [0.5, 0.6) is 0 Å². The molecule has 3 aromatic carbocycles. The quantitative estimate of drug-likeness (QED) is 0.261. The highest BCUT2D eigenvalue weighted by molar-refractivity contribution is 5.87. The second kappa shape index (κ2) is 11.2. The Labute approximate surface area is 220 Å². The first kappa shape index (κ1) is 25.0. The van der Waals surface area contributed by atoms with Gasteiger partial charge in [0.05, 0.1) is 12.1 Å². The van der Waals surface area contributed by atoms with Gasteiger partial charge >= 0.3 is 5.97 Å². The normalized spacial score (nSPS) is 11.9. The molecule has 9 nitrogen and oxygen atoms in total. The smallest absolute Gasteiger partial charge is 0.335 e. The van der Waals surface area contributed by atoms with Gasteiger partial charge in [0.25, 0.3) is 0 Å². The highest BCUT2D eigenvalue weighted by Crippen LogP contribution is 2.30. The molecule has 38 heavy (non-hydrogen) atoms. The number of aromatic amines is 1. The molecule has 0 saturated carbocycles. The Morgan fingerprint density at radius 2 is 1.74 bits per heavy atom. The number of hydrogen-bond donors (Lipinski definition) is 2. The summed E-state index contributed by atoms with van der Waals surface area (Å²) in [5.41, 5.74) is 5.38. The summed E-state index contributed by atoms with van der Waals surface area (Å²) in [5.74, 6) is 1.29. The number of benzene rings is 3. The summed E-state index contributed by atoms with van der Waals surface area (Å²) in [6.07, 6.45) is 2.93. The number of H-pyrrole nitrogens is 1. The van der Waals surface area contributed by atoms with Crippen LogP contribution >= 0.6 is 0 Å². The van der Waals surface area contributed by atoms with Crippen LogP contribution in [-0.4, -0.2) is 46.5 Å². The molecule has 2 aromatic heterocycles. The Hall–Kier alpha value is -4.66. The van der Waals surface area contributed by atoms with Gasteiger partial charge in [0.15, 0.2) is 5.82 Å². The number of rotatable bonds is 10. The predicted octanol–water partition coefficient (Wildman–Crippen LogP) is 5.37. The number of hydrogen-bond acceptors (Lipinski definition) is 6. The average Bonchev–Trinajstić information content (AvgIpc) is 3.63. The van der Waals surface area contributed by atoms with Crippen LogP contribution in [-0.2, 0) is 13.0 Å². The molecule has 0 fully saturated rings. The van der Waals surface area contributed by atoms with Gasteiger partial charge in [-0.2, -0.15) is 10.3 Å².